The monoisotopic (exact) mass is 463 g/mol. The van der Waals surface area contributed by atoms with Crippen LogP contribution in [0.25, 0.3) is 0 Å². The molecule has 0 aromatic rings. The normalized spacial score (nSPS) is 12.9. The Bertz CT molecular complexity index is 474. The number of unbranched alkanes of at least 4 members (excludes halogenated alkanes) is 16. The van der Waals surface area contributed by atoms with Crippen molar-refractivity contribution >= 4 is 11.7 Å². The molecular weight excluding hydrogens is 406 g/mol. The number of allylic oxidation sites excluding steroid dienone is 1. The fourth-order valence-corrected chi connectivity index (χ4v) is 4.43. The molecule has 194 valence electrons. The van der Waals surface area contributed by atoms with Crippen molar-refractivity contribution in [1.82, 2.24) is 5.32 Å². The summed E-state index contributed by atoms with van der Waals surface area (Å²) in [7, 11) is 0. The average Bonchev–Trinajstić information content (AvgIpc) is 2.82. The number of carbonyl (C=O) groups excluding carboxylic acids is 2. The number of ketones is 1. The zero-order valence-corrected chi connectivity index (χ0v) is 22.6. The number of Topliss-reactive ketones (excluding diaryl/α,β-unsaturated/α-hetero) is 1. The molecular formula is C30H57NO2. The molecule has 0 spiro atoms. The Morgan fingerprint density at radius 1 is 0.697 bits per heavy atom. The Hall–Kier alpha value is -1.12. The largest absolute Gasteiger partial charge is 0.346 e. The lowest BCUT2D eigenvalue weighted by atomic mass is 9.92. The number of amides is 1. The van der Waals surface area contributed by atoms with Crippen LogP contribution in [0.1, 0.15) is 156 Å². The number of carbonyl (C=O) groups is 2. The van der Waals surface area contributed by atoms with Gasteiger partial charge in [0.05, 0.1) is 6.04 Å². The molecule has 0 aromatic heterocycles. The first-order chi connectivity index (χ1) is 16.1. The van der Waals surface area contributed by atoms with Crippen molar-refractivity contribution in [3.8, 4) is 0 Å². The van der Waals surface area contributed by atoms with E-state index < -0.39 is 0 Å². The van der Waals surface area contributed by atoms with Gasteiger partial charge in [0, 0.05) is 12.8 Å². The van der Waals surface area contributed by atoms with Crippen molar-refractivity contribution in [2.24, 2.45) is 5.92 Å². The highest BCUT2D eigenvalue weighted by Crippen LogP contribution is 2.16. The Balaban J connectivity index is 3.63. The minimum Gasteiger partial charge on any atom is -0.346 e. The first kappa shape index (κ1) is 31.9. The maximum absolute atomic E-state index is 12.7. The van der Waals surface area contributed by atoms with Gasteiger partial charge in [-0.3, -0.25) is 9.59 Å². The minimum atomic E-state index is -0.326. The lowest BCUT2D eigenvalue weighted by molar-refractivity contribution is -0.129. The van der Waals surface area contributed by atoms with Crippen molar-refractivity contribution in [2.45, 2.75) is 162 Å². The van der Waals surface area contributed by atoms with Crippen LogP contribution < -0.4 is 5.32 Å². The molecule has 0 aliphatic carbocycles. The van der Waals surface area contributed by atoms with E-state index >= 15 is 0 Å². The molecule has 0 saturated carbocycles. The maximum Gasteiger partial charge on any atom is 0.220 e. The van der Waals surface area contributed by atoms with Gasteiger partial charge in [0.15, 0.2) is 5.78 Å². The van der Waals surface area contributed by atoms with Crippen LogP contribution >= 0.6 is 0 Å². The molecule has 3 nitrogen and oxygen atoms in total. The van der Waals surface area contributed by atoms with Crippen LogP contribution in [-0.4, -0.2) is 17.7 Å². The molecule has 3 heteroatoms. The Labute approximate surface area is 207 Å². The predicted octanol–water partition coefficient (Wildman–Crippen LogP) is 9.09. The average molecular weight is 464 g/mol. The second-order valence-corrected chi connectivity index (χ2v) is 10.1. The highest BCUT2D eigenvalue weighted by atomic mass is 16.2. The van der Waals surface area contributed by atoms with Crippen molar-refractivity contribution in [2.75, 3.05) is 0 Å². The maximum atomic E-state index is 12.7. The molecule has 0 fully saturated rings. The quantitative estimate of drug-likeness (QED) is 0.108. The second-order valence-electron chi connectivity index (χ2n) is 10.1. The summed E-state index contributed by atoms with van der Waals surface area (Å²) in [5.74, 6) is 0.365. The van der Waals surface area contributed by atoms with Crippen molar-refractivity contribution in [1.29, 1.82) is 0 Å². The van der Waals surface area contributed by atoms with E-state index in [4.69, 9.17) is 0 Å². The van der Waals surface area contributed by atoms with Crippen LogP contribution in [0.4, 0.5) is 0 Å². The standard InChI is InChI=1S/C30H57NO2/c1-5-8-10-11-12-13-14-15-16-17-18-19-20-21-22-23-24-25-28(32)30(27(4)7-3)31-29(33)26-9-6-2/h6,27,30H,2,5,7-26H2,1,3-4H3,(H,31,33). The van der Waals surface area contributed by atoms with Gasteiger partial charge in [-0.15, -0.1) is 6.58 Å². The molecule has 0 saturated heterocycles. The van der Waals surface area contributed by atoms with Crippen molar-refractivity contribution in [3.63, 3.8) is 0 Å². The van der Waals surface area contributed by atoms with E-state index in [0.29, 0.717) is 19.3 Å². The van der Waals surface area contributed by atoms with Gasteiger partial charge < -0.3 is 5.32 Å². The Morgan fingerprint density at radius 2 is 1.12 bits per heavy atom. The lowest BCUT2D eigenvalue weighted by Crippen LogP contribution is -2.45. The van der Waals surface area contributed by atoms with Crippen LogP contribution in [0.5, 0.6) is 0 Å². The smallest absolute Gasteiger partial charge is 0.220 e. The highest BCUT2D eigenvalue weighted by Gasteiger charge is 2.24. The molecule has 0 bridgehead atoms. The van der Waals surface area contributed by atoms with Gasteiger partial charge in [-0.25, -0.2) is 0 Å². The Morgan fingerprint density at radius 3 is 1.52 bits per heavy atom. The molecule has 0 aromatic carbocycles. The molecule has 0 aliphatic heterocycles. The molecule has 2 unspecified atom stereocenters. The predicted molar refractivity (Wildman–Crippen MR) is 145 cm³/mol. The van der Waals surface area contributed by atoms with E-state index in [2.05, 4.69) is 32.7 Å². The summed E-state index contributed by atoms with van der Waals surface area (Å²) in [6.45, 7) is 10.1. The molecule has 0 aliphatic rings. The lowest BCUT2D eigenvalue weighted by Gasteiger charge is -2.23. The summed E-state index contributed by atoms with van der Waals surface area (Å²) in [5, 5.41) is 2.97. The molecule has 33 heavy (non-hydrogen) atoms. The zero-order valence-electron chi connectivity index (χ0n) is 22.6. The summed E-state index contributed by atoms with van der Waals surface area (Å²) in [4.78, 5) is 24.7. The molecule has 0 rings (SSSR count). The minimum absolute atomic E-state index is 0.0315. The fraction of sp³-hybridized carbons (Fsp3) is 0.867. The van der Waals surface area contributed by atoms with Crippen molar-refractivity contribution in [3.05, 3.63) is 12.7 Å². The molecule has 0 heterocycles. The van der Waals surface area contributed by atoms with E-state index in [0.717, 1.165) is 19.3 Å². The van der Waals surface area contributed by atoms with Crippen LogP contribution in [0, 0.1) is 5.92 Å². The van der Waals surface area contributed by atoms with Gasteiger partial charge in [0.2, 0.25) is 5.91 Å². The third-order valence-corrected chi connectivity index (χ3v) is 6.98. The van der Waals surface area contributed by atoms with Gasteiger partial charge in [-0.1, -0.05) is 136 Å². The van der Waals surface area contributed by atoms with Gasteiger partial charge in [0.25, 0.3) is 0 Å². The fourth-order valence-electron chi connectivity index (χ4n) is 4.43. The number of rotatable bonds is 25. The van der Waals surface area contributed by atoms with Crippen LogP contribution in [0.3, 0.4) is 0 Å². The molecule has 1 amide bonds. The number of hydrogen-bond acceptors (Lipinski definition) is 2. The summed E-state index contributed by atoms with van der Waals surface area (Å²) in [6, 6.07) is -0.326. The van der Waals surface area contributed by atoms with Gasteiger partial charge >= 0.3 is 0 Å². The summed E-state index contributed by atoms with van der Waals surface area (Å²) < 4.78 is 0. The first-order valence-corrected chi connectivity index (χ1v) is 14.5. The summed E-state index contributed by atoms with van der Waals surface area (Å²) in [6.07, 6.45) is 27.2. The van der Waals surface area contributed by atoms with Gasteiger partial charge in [0.1, 0.15) is 0 Å². The number of nitrogens with one attached hydrogen (secondary N) is 1. The van der Waals surface area contributed by atoms with Crippen molar-refractivity contribution < 1.29 is 9.59 Å². The summed E-state index contributed by atoms with van der Waals surface area (Å²) >= 11 is 0. The Kier molecular flexibility index (Phi) is 23.2. The van der Waals surface area contributed by atoms with Crippen LogP contribution in [0.15, 0.2) is 12.7 Å². The third-order valence-electron chi connectivity index (χ3n) is 6.98. The molecule has 0 radical (unpaired) electrons. The van der Waals surface area contributed by atoms with Crippen LogP contribution in [0.2, 0.25) is 0 Å². The van der Waals surface area contributed by atoms with E-state index in [1.807, 2.05) is 0 Å². The molecule has 1 N–H and O–H groups in total. The van der Waals surface area contributed by atoms with E-state index in [9.17, 15) is 9.59 Å². The summed E-state index contributed by atoms with van der Waals surface area (Å²) in [5.41, 5.74) is 0. The topological polar surface area (TPSA) is 46.2 Å². The second kappa shape index (κ2) is 24.0. The molecule has 2 atom stereocenters. The third kappa shape index (κ3) is 20.0. The zero-order chi connectivity index (χ0) is 24.6. The van der Waals surface area contributed by atoms with E-state index in [1.54, 1.807) is 6.08 Å². The SMILES string of the molecule is C=CCCC(=O)NC(C(=O)CCCCCCCCCCCCCCCCCCC)C(C)CC. The first-order valence-electron chi connectivity index (χ1n) is 14.5. The highest BCUT2D eigenvalue weighted by molar-refractivity contribution is 5.89. The van der Waals surface area contributed by atoms with E-state index in [1.165, 1.54) is 96.3 Å². The van der Waals surface area contributed by atoms with Gasteiger partial charge in [-0.05, 0) is 18.8 Å². The number of hydrogen-bond donors (Lipinski definition) is 1. The van der Waals surface area contributed by atoms with Gasteiger partial charge in [-0.2, -0.15) is 0 Å². The van der Waals surface area contributed by atoms with E-state index in [-0.39, 0.29) is 23.7 Å². The van der Waals surface area contributed by atoms with Crippen LogP contribution in [-0.2, 0) is 9.59 Å².